The fraction of sp³-hybridized carbons (Fsp3) is 0.211. The van der Waals surface area contributed by atoms with Crippen LogP contribution in [0.5, 0.6) is 11.5 Å². The zero-order chi connectivity index (χ0) is 19.2. The van der Waals surface area contributed by atoms with Crippen LogP contribution in [0.1, 0.15) is 17.3 Å². The molecule has 3 aromatic rings. The van der Waals surface area contributed by atoms with E-state index in [1.54, 1.807) is 39.3 Å². The number of hydrogen-bond donors (Lipinski definition) is 2. The Morgan fingerprint density at radius 1 is 1.07 bits per heavy atom. The van der Waals surface area contributed by atoms with Gasteiger partial charge in [0.05, 0.1) is 20.6 Å². The summed E-state index contributed by atoms with van der Waals surface area (Å²) in [7, 11) is 3.10. The number of anilines is 2. The van der Waals surface area contributed by atoms with Crippen molar-refractivity contribution in [1.29, 1.82) is 0 Å². The van der Waals surface area contributed by atoms with Gasteiger partial charge in [-0.3, -0.25) is 0 Å². The van der Waals surface area contributed by atoms with E-state index in [0.29, 0.717) is 41.0 Å². The molecule has 0 atom stereocenters. The number of ether oxygens (including phenoxy) is 2. The predicted octanol–water partition coefficient (Wildman–Crippen LogP) is 3.63. The summed E-state index contributed by atoms with van der Waals surface area (Å²) >= 11 is 0. The maximum Gasteiger partial charge on any atom is 0.323 e. The van der Waals surface area contributed by atoms with Crippen molar-refractivity contribution in [1.82, 2.24) is 10.1 Å². The number of methoxy groups -OCH3 is 2. The zero-order valence-corrected chi connectivity index (χ0v) is 15.3. The summed E-state index contributed by atoms with van der Waals surface area (Å²) in [6, 6.07) is 12.2. The van der Waals surface area contributed by atoms with E-state index in [2.05, 4.69) is 20.8 Å². The van der Waals surface area contributed by atoms with Gasteiger partial charge in [-0.1, -0.05) is 23.4 Å². The lowest BCUT2D eigenvalue weighted by molar-refractivity contribution is 0.262. The number of hydrogen-bond acceptors (Lipinski definition) is 6. The molecule has 3 rings (SSSR count). The number of aromatic nitrogens is 2. The molecule has 0 aliphatic carbocycles. The van der Waals surface area contributed by atoms with Crippen LogP contribution in [-0.4, -0.2) is 30.4 Å². The summed E-state index contributed by atoms with van der Waals surface area (Å²) in [5.41, 5.74) is 2.06. The van der Waals surface area contributed by atoms with Gasteiger partial charge in [-0.05, 0) is 18.6 Å². The van der Waals surface area contributed by atoms with E-state index in [-0.39, 0.29) is 6.03 Å². The molecule has 0 saturated heterocycles. The molecule has 0 aliphatic rings. The third kappa shape index (κ3) is 4.75. The first kappa shape index (κ1) is 18.2. The topological polar surface area (TPSA) is 98.5 Å². The molecule has 0 unspecified atom stereocenters. The van der Waals surface area contributed by atoms with Crippen LogP contribution < -0.4 is 20.1 Å². The first-order valence-corrected chi connectivity index (χ1v) is 8.25. The Morgan fingerprint density at radius 2 is 1.78 bits per heavy atom. The number of amides is 2. The molecule has 2 N–H and O–H groups in total. The standard InChI is InChI=1S/C19H20N4O4/c1-12-20-18(27-23-12)8-13-6-4-5-7-17(13)22-19(24)21-14-9-15(25-2)11-16(10-14)26-3/h4-7,9-11H,8H2,1-3H3,(H2,21,22,24). The smallest absolute Gasteiger partial charge is 0.323 e. The number of urea groups is 1. The molecule has 2 amide bonds. The van der Waals surface area contributed by atoms with E-state index in [4.69, 9.17) is 14.0 Å². The van der Waals surface area contributed by atoms with Gasteiger partial charge in [0.1, 0.15) is 11.5 Å². The lowest BCUT2D eigenvalue weighted by Gasteiger charge is -2.12. The van der Waals surface area contributed by atoms with Crippen LogP contribution in [0.4, 0.5) is 16.2 Å². The molecular weight excluding hydrogens is 348 g/mol. The number of nitrogens with one attached hydrogen (secondary N) is 2. The van der Waals surface area contributed by atoms with Crippen molar-refractivity contribution in [3.05, 3.63) is 59.7 Å². The van der Waals surface area contributed by atoms with Gasteiger partial charge in [-0.2, -0.15) is 4.98 Å². The quantitative estimate of drug-likeness (QED) is 0.689. The van der Waals surface area contributed by atoms with Crippen molar-refractivity contribution in [3.63, 3.8) is 0 Å². The van der Waals surface area contributed by atoms with Crippen LogP contribution in [0, 0.1) is 6.92 Å². The number of rotatable bonds is 6. The van der Waals surface area contributed by atoms with Crippen LogP contribution in [0.3, 0.4) is 0 Å². The van der Waals surface area contributed by atoms with E-state index in [9.17, 15) is 4.79 Å². The Hall–Kier alpha value is -3.55. The first-order chi connectivity index (χ1) is 13.1. The predicted molar refractivity (Wildman–Crippen MR) is 100 cm³/mol. The summed E-state index contributed by atoms with van der Waals surface area (Å²) in [4.78, 5) is 16.6. The maximum absolute atomic E-state index is 12.4. The van der Waals surface area contributed by atoms with E-state index >= 15 is 0 Å². The second-order valence-corrected chi connectivity index (χ2v) is 5.75. The summed E-state index contributed by atoms with van der Waals surface area (Å²) in [6.45, 7) is 1.76. The molecule has 27 heavy (non-hydrogen) atoms. The minimum atomic E-state index is -0.389. The van der Waals surface area contributed by atoms with Crippen LogP contribution >= 0.6 is 0 Å². The van der Waals surface area contributed by atoms with E-state index in [1.165, 1.54) is 0 Å². The fourth-order valence-electron chi connectivity index (χ4n) is 2.54. The van der Waals surface area contributed by atoms with Gasteiger partial charge >= 0.3 is 6.03 Å². The SMILES string of the molecule is COc1cc(NC(=O)Nc2ccccc2Cc2nc(C)no2)cc(OC)c1. The van der Waals surface area contributed by atoms with E-state index in [0.717, 1.165) is 5.56 Å². The van der Waals surface area contributed by atoms with Crippen molar-refractivity contribution in [3.8, 4) is 11.5 Å². The van der Waals surface area contributed by atoms with Crippen molar-refractivity contribution < 1.29 is 18.8 Å². The maximum atomic E-state index is 12.4. The highest BCUT2D eigenvalue weighted by Crippen LogP contribution is 2.26. The number of carbonyl (C=O) groups is 1. The average Bonchev–Trinajstić information content (AvgIpc) is 3.07. The minimum Gasteiger partial charge on any atom is -0.497 e. The number of aryl methyl sites for hydroxylation is 1. The molecule has 0 fully saturated rings. The van der Waals surface area contributed by atoms with Gasteiger partial charge in [-0.25, -0.2) is 4.79 Å². The third-order valence-corrected chi connectivity index (χ3v) is 3.79. The third-order valence-electron chi connectivity index (χ3n) is 3.79. The highest BCUT2D eigenvalue weighted by atomic mass is 16.5. The van der Waals surface area contributed by atoms with Crippen molar-refractivity contribution >= 4 is 17.4 Å². The summed E-state index contributed by atoms with van der Waals surface area (Å²) in [6.07, 6.45) is 0.421. The number of para-hydroxylation sites is 1. The molecule has 0 spiro atoms. The van der Waals surface area contributed by atoms with Crippen molar-refractivity contribution in [2.45, 2.75) is 13.3 Å². The molecule has 0 saturated carbocycles. The van der Waals surface area contributed by atoms with Gasteiger partial charge in [0.2, 0.25) is 5.89 Å². The van der Waals surface area contributed by atoms with Gasteiger partial charge < -0.3 is 24.6 Å². The number of carbonyl (C=O) groups excluding carboxylic acids is 1. The zero-order valence-electron chi connectivity index (χ0n) is 15.3. The molecule has 140 valence electrons. The van der Waals surface area contributed by atoms with Crippen LogP contribution in [0.25, 0.3) is 0 Å². The van der Waals surface area contributed by atoms with Gasteiger partial charge in [0, 0.05) is 29.6 Å². The molecule has 1 aromatic heterocycles. The largest absolute Gasteiger partial charge is 0.497 e. The molecule has 2 aromatic carbocycles. The summed E-state index contributed by atoms with van der Waals surface area (Å²) < 4.78 is 15.6. The Bertz CT molecular complexity index is 917. The van der Waals surface area contributed by atoms with E-state index < -0.39 is 0 Å². The van der Waals surface area contributed by atoms with Gasteiger partial charge in [0.15, 0.2) is 5.82 Å². The normalized spacial score (nSPS) is 10.3. The Balaban J connectivity index is 1.73. The lowest BCUT2D eigenvalue weighted by Crippen LogP contribution is -2.20. The first-order valence-electron chi connectivity index (χ1n) is 8.25. The molecule has 8 heteroatoms. The number of benzene rings is 2. The molecule has 0 bridgehead atoms. The van der Waals surface area contributed by atoms with Crippen LogP contribution in [0.15, 0.2) is 47.0 Å². The average molecular weight is 368 g/mol. The molecule has 0 aliphatic heterocycles. The highest BCUT2D eigenvalue weighted by molar-refractivity contribution is 6.00. The summed E-state index contributed by atoms with van der Waals surface area (Å²) in [5.74, 6) is 2.22. The number of nitrogens with zero attached hydrogens (tertiary/aromatic N) is 2. The monoisotopic (exact) mass is 368 g/mol. The van der Waals surface area contributed by atoms with Crippen molar-refractivity contribution in [2.75, 3.05) is 24.9 Å². The Morgan fingerprint density at radius 3 is 2.41 bits per heavy atom. The fourth-order valence-corrected chi connectivity index (χ4v) is 2.54. The van der Waals surface area contributed by atoms with Gasteiger partial charge in [-0.15, -0.1) is 0 Å². The molecular formula is C19H20N4O4. The van der Waals surface area contributed by atoms with Crippen molar-refractivity contribution in [2.24, 2.45) is 0 Å². The Kier molecular flexibility index (Phi) is 5.55. The highest BCUT2D eigenvalue weighted by Gasteiger charge is 2.11. The second-order valence-electron chi connectivity index (χ2n) is 5.75. The van der Waals surface area contributed by atoms with Crippen LogP contribution in [0.2, 0.25) is 0 Å². The molecule has 8 nitrogen and oxygen atoms in total. The Labute approximate surface area is 156 Å². The van der Waals surface area contributed by atoms with Crippen LogP contribution in [-0.2, 0) is 6.42 Å². The minimum absolute atomic E-state index is 0.389. The lowest BCUT2D eigenvalue weighted by atomic mass is 10.1. The van der Waals surface area contributed by atoms with Gasteiger partial charge in [0.25, 0.3) is 0 Å². The molecule has 1 heterocycles. The summed E-state index contributed by atoms with van der Waals surface area (Å²) in [5, 5.41) is 9.40. The molecule has 0 radical (unpaired) electrons. The second kappa shape index (κ2) is 8.22. The van der Waals surface area contributed by atoms with E-state index in [1.807, 2.05) is 24.3 Å².